The first kappa shape index (κ1) is 23.0. The summed E-state index contributed by atoms with van der Waals surface area (Å²) in [7, 11) is -3.67. The SMILES string of the molecule is CC1(C)CC(S(=O)(=O)CC(OCc2ccccc2Oc2ccccc2)c2ccccc2)=NO1. The summed E-state index contributed by atoms with van der Waals surface area (Å²) in [5.41, 5.74) is 0.975. The molecule has 0 amide bonds. The van der Waals surface area contributed by atoms with Gasteiger partial charge in [0, 0.05) is 12.0 Å². The Labute approximate surface area is 194 Å². The minimum atomic E-state index is -3.67. The highest BCUT2D eigenvalue weighted by Gasteiger charge is 2.37. The summed E-state index contributed by atoms with van der Waals surface area (Å²) in [4.78, 5) is 5.28. The topological polar surface area (TPSA) is 74.2 Å². The fourth-order valence-corrected chi connectivity index (χ4v) is 5.10. The van der Waals surface area contributed by atoms with Crippen LogP contribution in [0.2, 0.25) is 0 Å². The van der Waals surface area contributed by atoms with Gasteiger partial charge < -0.3 is 14.3 Å². The number of hydrogen-bond donors (Lipinski definition) is 0. The predicted octanol–water partition coefficient (Wildman–Crippen LogP) is 5.66. The lowest BCUT2D eigenvalue weighted by atomic mass is 10.1. The van der Waals surface area contributed by atoms with Crippen molar-refractivity contribution in [2.75, 3.05) is 5.75 Å². The Bertz CT molecular complexity index is 1210. The van der Waals surface area contributed by atoms with E-state index in [-0.39, 0.29) is 23.8 Å². The van der Waals surface area contributed by atoms with E-state index in [1.165, 1.54) is 0 Å². The molecule has 6 nitrogen and oxygen atoms in total. The standard InChI is InChI=1S/C26H27NO5S/c1-26(2)17-25(27-32-26)33(28,29)19-24(20-11-5-3-6-12-20)30-18-21-13-9-10-16-23(21)31-22-14-7-4-8-15-22/h3-16,24H,17-19H2,1-2H3. The first-order chi connectivity index (χ1) is 15.8. The number of para-hydroxylation sites is 2. The van der Waals surface area contributed by atoms with Gasteiger partial charge >= 0.3 is 0 Å². The second kappa shape index (κ2) is 9.77. The Morgan fingerprint density at radius 1 is 0.939 bits per heavy atom. The molecule has 1 unspecified atom stereocenters. The van der Waals surface area contributed by atoms with Gasteiger partial charge in [-0.2, -0.15) is 0 Å². The molecule has 0 saturated carbocycles. The van der Waals surface area contributed by atoms with E-state index in [1.807, 2.05) is 98.8 Å². The Balaban J connectivity index is 1.53. The van der Waals surface area contributed by atoms with Crippen LogP contribution in [0.25, 0.3) is 0 Å². The molecule has 1 aliphatic heterocycles. The van der Waals surface area contributed by atoms with Crippen molar-refractivity contribution in [3.05, 3.63) is 96.1 Å². The fourth-order valence-electron chi connectivity index (χ4n) is 3.50. The summed E-state index contributed by atoms with van der Waals surface area (Å²) in [5.74, 6) is 1.15. The Hall–Kier alpha value is -3.16. The van der Waals surface area contributed by atoms with Crippen LogP contribution in [0.15, 0.2) is 90.1 Å². The van der Waals surface area contributed by atoms with Crippen molar-refractivity contribution >= 4 is 14.9 Å². The van der Waals surface area contributed by atoms with E-state index < -0.39 is 21.5 Å². The molecule has 0 aliphatic carbocycles. The van der Waals surface area contributed by atoms with Crippen LogP contribution in [0.5, 0.6) is 11.5 Å². The van der Waals surface area contributed by atoms with Crippen LogP contribution in [0.1, 0.15) is 37.5 Å². The van der Waals surface area contributed by atoms with Crippen molar-refractivity contribution in [2.24, 2.45) is 5.16 Å². The molecule has 7 heteroatoms. The van der Waals surface area contributed by atoms with E-state index in [1.54, 1.807) is 0 Å². The van der Waals surface area contributed by atoms with Crippen LogP contribution in [0.3, 0.4) is 0 Å². The predicted molar refractivity (Wildman–Crippen MR) is 128 cm³/mol. The Kier molecular flexibility index (Phi) is 6.81. The quantitative estimate of drug-likeness (QED) is 0.429. The van der Waals surface area contributed by atoms with Gasteiger partial charge in [0.15, 0.2) is 14.9 Å². The molecule has 0 N–H and O–H groups in total. The van der Waals surface area contributed by atoms with Crippen LogP contribution in [-0.4, -0.2) is 24.8 Å². The number of sulfone groups is 1. The molecule has 0 fully saturated rings. The second-order valence-electron chi connectivity index (χ2n) is 8.53. The van der Waals surface area contributed by atoms with Gasteiger partial charge in [0.05, 0.1) is 18.5 Å². The van der Waals surface area contributed by atoms with Crippen molar-refractivity contribution in [2.45, 2.75) is 38.6 Å². The maximum absolute atomic E-state index is 13.1. The number of benzene rings is 3. The molecule has 1 aliphatic rings. The van der Waals surface area contributed by atoms with Crippen molar-refractivity contribution in [3.63, 3.8) is 0 Å². The Morgan fingerprint density at radius 2 is 1.58 bits per heavy atom. The molecule has 0 spiro atoms. The van der Waals surface area contributed by atoms with Crippen LogP contribution in [0.4, 0.5) is 0 Å². The largest absolute Gasteiger partial charge is 0.457 e. The highest BCUT2D eigenvalue weighted by molar-refractivity contribution is 8.06. The minimum absolute atomic E-state index is 0.0600. The maximum atomic E-state index is 13.1. The molecule has 0 aromatic heterocycles. The first-order valence-corrected chi connectivity index (χ1v) is 12.4. The number of ether oxygens (including phenoxy) is 2. The fraction of sp³-hybridized carbons (Fsp3) is 0.269. The molecule has 0 saturated heterocycles. The van der Waals surface area contributed by atoms with Gasteiger partial charge in [0.25, 0.3) is 0 Å². The average Bonchev–Trinajstić information content (AvgIpc) is 3.19. The summed E-state index contributed by atoms with van der Waals surface area (Å²) < 4.78 is 38.4. The van der Waals surface area contributed by atoms with E-state index >= 15 is 0 Å². The number of nitrogens with zero attached hydrogens (tertiary/aromatic N) is 1. The third-order valence-corrected chi connectivity index (χ3v) is 6.93. The molecule has 3 aromatic carbocycles. The molecular weight excluding hydrogens is 438 g/mol. The molecule has 33 heavy (non-hydrogen) atoms. The van der Waals surface area contributed by atoms with Gasteiger partial charge in [-0.05, 0) is 37.6 Å². The zero-order valence-electron chi connectivity index (χ0n) is 18.7. The monoisotopic (exact) mass is 465 g/mol. The Morgan fingerprint density at radius 3 is 2.24 bits per heavy atom. The normalized spacial score (nSPS) is 16.0. The van der Waals surface area contributed by atoms with Gasteiger partial charge in [-0.3, -0.25) is 0 Å². The van der Waals surface area contributed by atoms with Crippen LogP contribution < -0.4 is 4.74 Å². The summed E-state index contributed by atoms with van der Waals surface area (Å²) >= 11 is 0. The molecule has 0 bridgehead atoms. The van der Waals surface area contributed by atoms with Crippen LogP contribution in [0, 0.1) is 0 Å². The molecule has 0 radical (unpaired) electrons. The smallest absolute Gasteiger partial charge is 0.198 e. The lowest BCUT2D eigenvalue weighted by molar-refractivity contribution is 0.0123. The zero-order chi connectivity index (χ0) is 23.3. The van der Waals surface area contributed by atoms with E-state index in [9.17, 15) is 8.42 Å². The van der Waals surface area contributed by atoms with Gasteiger partial charge in [-0.15, -0.1) is 0 Å². The summed E-state index contributed by atoms with van der Waals surface area (Å²) in [6.45, 7) is 3.81. The number of rotatable bonds is 8. The van der Waals surface area contributed by atoms with Crippen molar-refractivity contribution in [1.29, 1.82) is 0 Å². The molecular formula is C26H27NO5S. The lowest BCUT2D eigenvalue weighted by Crippen LogP contribution is -2.27. The van der Waals surface area contributed by atoms with Crippen molar-refractivity contribution in [1.82, 2.24) is 0 Å². The molecule has 172 valence electrons. The van der Waals surface area contributed by atoms with Gasteiger partial charge in [-0.1, -0.05) is 71.9 Å². The lowest BCUT2D eigenvalue weighted by Gasteiger charge is -2.20. The van der Waals surface area contributed by atoms with Crippen molar-refractivity contribution in [3.8, 4) is 11.5 Å². The van der Waals surface area contributed by atoms with E-state index in [2.05, 4.69) is 5.16 Å². The summed E-state index contributed by atoms with van der Waals surface area (Å²) in [6, 6.07) is 26.4. The molecule has 1 heterocycles. The van der Waals surface area contributed by atoms with Gasteiger partial charge in [0.1, 0.15) is 17.1 Å². The highest BCUT2D eigenvalue weighted by Crippen LogP contribution is 2.30. The maximum Gasteiger partial charge on any atom is 0.198 e. The van der Waals surface area contributed by atoms with E-state index in [0.29, 0.717) is 11.5 Å². The van der Waals surface area contributed by atoms with E-state index in [4.69, 9.17) is 14.3 Å². The molecule has 3 aromatic rings. The second-order valence-corrected chi connectivity index (χ2v) is 10.6. The first-order valence-electron chi connectivity index (χ1n) is 10.8. The van der Waals surface area contributed by atoms with Crippen LogP contribution >= 0.6 is 0 Å². The van der Waals surface area contributed by atoms with Gasteiger partial charge in [-0.25, -0.2) is 8.42 Å². The third kappa shape index (κ3) is 6.00. The van der Waals surface area contributed by atoms with E-state index in [0.717, 1.165) is 11.1 Å². The zero-order valence-corrected chi connectivity index (χ0v) is 19.5. The van der Waals surface area contributed by atoms with Crippen LogP contribution in [-0.2, 0) is 26.0 Å². The molecule has 4 rings (SSSR count). The average molecular weight is 466 g/mol. The number of oxime groups is 1. The summed E-state index contributed by atoms with van der Waals surface area (Å²) in [5, 5.41) is 3.90. The van der Waals surface area contributed by atoms with Gasteiger partial charge in [0.2, 0.25) is 0 Å². The van der Waals surface area contributed by atoms with Crippen molar-refractivity contribution < 1.29 is 22.7 Å². The third-order valence-electron chi connectivity index (χ3n) is 5.26. The summed E-state index contributed by atoms with van der Waals surface area (Å²) in [6.07, 6.45) is -0.433. The number of hydrogen-bond acceptors (Lipinski definition) is 6. The highest BCUT2D eigenvalue weighted by atomic mass is 32.2. The molecule has 1 atom stereocenters. The minimum Gasteiger partial charge on any atom is -0.457 e.